The number of aliphatic hydroxyl groups excluding tert-OH is 1. The van der Waals surface area contributed by atoms with E-state index in [1.165, 1.54) is 0 Å². The summed E-state index contributed by atoms with van der Waals surface area (Å²) in [5.74, 6) is 0.692. The third kappa shape index (κ3) is 3.29. The maximum absolute atomic E-state index is 11.3. The van der Waals surface area contributed by atoms with Crippen LogP contribution in [-0.2, 0) is 4.79 Å². The molecular weight excluding hydrogens is 260 g/mol. The van der Waals surface area contributed by atoms with E-state index in [9.17, 15) is 9.90 Å². The number of carbonyl (C=O) groups is 1. The molecule has 0 spiro atoms. The third-order valence-electron chi connectivity index (χ3n) is 3.40. The highest BCUT2D eigenvalue weighted by Crippen LogP contribution is 2.33. The first-order valence-electron chi connectivity index (χ1n) is 6.63. The van der Waals surface area contributed by atoms with Gasteiger partial charge in [-0.05, 0) is 25.2 Å². The van der Waals surface area contributed by atoms with Crippen LogP contribution in [0.5, 0.6) is 0 Å². The first-order valence-corrected chi connectivity index (χ1v) is 7.62. The van der Waals surface area contributed by atoms with E-state index in [1.807, 2.05) is 18.2 Å². The van der Waals surface area contributed by atoms with E-state index in [2.05, 4.69) is 24.1 Å². The van der Waals surface area contributed by atoms with Crippen molar-refractivity contribution in [3.8, 4) is 0 Å². The summed E-state index contributed by atoms with van der Waals surface area (Å²) in [6.45, 7) is 7.54. The summed E-state index contributed by atoms with van der Waals surface area (Å²) in [6.07, 6.45) is -1.01. The average Bonchev–Trinajstić information content (AvgIpc) is 2.70. The predicted octanol–water partition coefficient (Wildman–Crippen LogP) is 2.11. The lowest BCUT2D eigenvalue weighted by atomic mass is 10.1. The number of thioether (sulfide) groups is 1. The Balaban J connectivity index is 1.93. The maximum atomic E-state index is 11.3. The van der Waals surface area contributed by atoms with Crippen molar-refractivity contribution in [2.45, 2.75) is 24.8 Å². The summed E-state index contributed by atoms with van der Waals surface area (Å²) < 4.78 is 0. The molecule has 1 aliphatic heterocycles. The van der Waals surface area contributed by atoms with Gasteiger partial charge in [-0.25, -0.2) is 0 Å². The lowest BCUT2D eigenvalue weighted by molar-refractivity contribution is -0.123. The number of hydrogen-bond donors (Lipinski definition) is 2. The SMILES string of the molecule is CCN(CC)CCSc1ccc2c(c1)NC(=O)C2O. The maximum Gasteiger partial charge on any atom is 0.257 e. The van der Waals surface area contributed by atoms with Crippen molar-refractivity contribution < 1.29 is 9.90 Å². The summed E-state index contributed by atoms with van der Waals surface area (Å²) in [6, 6.07) is 5.74. The van der Waals surface area contributed by atoms with Gasteiger partial charge in [-0.3, -0.25) is 4.79 Å². The van der Waals surface area contributed by atoms with Gasteiger partial charge in [0.1, 0.15) is 0 Å². The van der Waals surface area contributed by atoms with Crippen LogP contribution in [0, 0.1) is 0 Å². The Morgan fingerprint density at radius 3 is 2.79 bits per heavy atom. The van der Waals surface area contributed by atoms with E-state index in [1.54, 1.807) is 11.8 Å². The fraction of sp³-hybridized carbons (Fsp3) is 0.500. The van der Waals surface area contributed by atoms with Gasteiger partial charge in [0, 0.05) is 28.4 Å². The Hall–Kier alpha value is -1.04. The topological polar surface area (TPSA) is 52.6 Å². The Morgan fingerprint density at radius 1 is 1.37 bits per heavy atom. The van der Waals surface area contributed by atoms with Gasteiger partial charge >= 0.3 is 0 Å². The van der Waals surface area contributed by atoms with E-state index in [0.29, 0.717) is 5.56 Å². The molecule has 1 atom stereocenters. The van der Waals surface area contributed by atoms with Crippen LogP contribution in [0.25, 0.3) is 0 Å². The zero-order chi connectivity index (χ0) is 13.8. The number of hydrogen-bond acceptors (Lipinski definition) is 4. The number of nitrogens with zero attached hydrogens (tertiary/aromatic N) is 1. The molecule has 1 aliphatic rings. The van der Waals surface area contributed by atoms with Crippen molar-refractivity contribution >= 4 is 23.4 Å². The second kappa shape index (κ2) is 6.41. The average molecular weight is 280 g/mol. The summed E-state index contributed by atoms with van der Waals surface area (Å²) in [7, 11) is 0. The molecule has 1 aromatic carbocycles. The molecule has 0 saturated heterocycles. The molecular formula is C14H20N2O2S. The number of amides is 1. The van der Waals surface area contributed by atoms with Crippen LogP contribution < -0.4 is 5.32 Å². The number of rotatable bonds is 6. The van der Waals surface area contributed by atoms with Crippen molar-refractivity contribution in [2.24, 2.45) is 0 Å². The molecule has 0 fully saturated rings. The number of aliphatic hydroxyl groups is 1. The Morgan fingerprint density at radius 2 is 2.11 bits per heavy atom. The number of benzene rings is 1. The van der Waals surface area contributed by atoms with Crippen molar-refractivity contribution in [3.05, 3.63) is 23.8 Å². The normalized spacial score (nSPS) is 17.7. The first kappa shape index (κ1) is 14.4. The standard InChI is InChI=1S/C14H20N2O2S/c1-3-16(4-2)7-8-19-10-5-6-11-12(9-10)15-14(18)13(11)17/h5-6,9,13,17H,3-4,7-8H2,1-2H3,(H,15,18). The molecule has 19 heavy (non-hydrogen) atoms. The van der Waals surface area contributed by atoms with E-state index in [0.717, 1.165) is 36.0 Å². The first-order chi connectivity index (χ1) is 9.15. The minimum absolute atomic E-state index is 0.333. The molecule has 0 radical (unpaired) electrons. The van der Waals surface area contributed by atoms with Crippen LogP contribution >= 0.6 is 11.8 Å². The van der Waals surface area contributed by atoms with Gasteiger partial charge in [-0.1, -0.05) is 19.9 Å². The molecule has 4 nitrogen and oxygen atoms in total. The molecule has 0 aliphatic carbocycles. The van der Waals surface area contributed by atoms with Gasteiger partial charge in [-0.2, -0.15) is 0 Å². The van der Waals surface area contributed by atoms with Crippen molar-refractivity contribution in [1.82, 2.24) is 4.90 Å². The van der Waals surface area contributed by atoms with Gasteiger partial charge in [-0.15, -0.1) is 11.8 Å². The quantitative estimate of drug-likeness (QED) is 0.784. The lowest BCUT2D eigenvalue weighted by Gasteiger charge is -2.17. The molecule has 2 rings (SSSR count). The molecule has 2 N–H and O–H groups in total. The van der Waals surface area contributed by atoms with Crippen LogP contribution in [0.1, 0.15) is 25.5 Å². The molecule has 5 heteroatoms. The zero-order valence-electron chi connectivity index (χ0n) is 11.3. The highest BCUT2D eigenvalue weighted by Gasteiger charge is 2.28. The number of fused-ring (bicyclic) bond motifs is 1. The fourth-order valence-electron chi connectivity index (χ4n) is 2.15. The monoisotopic (exact) mass is 280 g/mol. The van der Waals surface area contributed by atoms with E-state index in [-0.39, 0.29) is 5.91 Å². The highest BCUT2D eigenvalue weighted by atomic mass is 32.2. The highest BCUT2D eigenvalue weighted by molar-refractivity contribution is 7.99. The van der Waals surface area contributed by atoms with Gasteiger partial charge in [0.2, 0.25) is 0 Å². The van der Waals surface area contributed by atoms with Crippen molar-refractivity contribution in [3.63, 3.8) is 0 Å². The molecule has 104 valence electrons. The largest absolute Gasteiger partial charge is 0.378 e. The number of anilines is 1. The fourth-order valence-corrected chi connectivity index (χ4v) is 3.10. The molecule has 0 saturated carbocycles. The summed E-state index contributed by atoms with van der Waals surface area (Å²) >= 11 is 1.77. The van der Waals surface area contributed by atoms with E-state index >= 15 is 0 Å². The summed E-state index contributed by atoms with van der Waals surface area (Å²) in [5.41, 5.74) is 1.42. The molecule has 1 unspecified atom stereocenters. The lowest BCUT2D eigenvalue weighted by Crippen LogP contribution is -2.25. The Labute approximate surface area is 118 Å². The molecule has 1 heterocycles. The molecule has 1 amide bonds. The van der Waals surface area contributed by atoms with Gasteiger partial charge < -0.3 is 15.3 Å². The van der Waals surface area contributed by atoms with Gasteiger partial charge in [0.15, 0.2) is 6.10 Å². The second-order valence-corrected chi connectivity index (χ2v) is 5.68. The molecule has 1 aromatic rings. The Bertz CT molecular complexity index is 461. The van der Waals surface area contributed by atoms with E-state index in [4.69, 9.17) is 0 Å². The van der Waals surface area contributed by atoms with Crippen LogP contribution in [0.2, 0.25) is 0 Å². The zero-order valence-corrected chi connectivity index (χ0v) is 12.2. The minimum atomic E-state index is -1.01. The summed E-state index contributed by atoms with van der Waals surface area (Å²) in [4.78, 5) is 14.9. The van der Waals surface area contributed by atoms with Crippen LogP contribution in [-0.4, -0.2) is 41.3 Å². The van der Waals surface area contributed by atoms with Crippen molar-refractivity contribution in [1.29, 1.82) is 0 Å². The predicted molar refractivity (Wildman–Crippen MR) is 78.5 cm³/mol. The van der Waals surface area contributed by atoms with Crippen molar-refractivity contribution in [2.75, 3.05) is 30.7 Å². The van der Waals surface area contributed by atoms with Crippen LogP contribution in [0.15, 0.2) is 23.1 Å². The van der Waals surface area contributed by atoms with Gasteiger partial charge in [0.05, 0.1) is 0 Å². The second-order valence-electron chi connectivity index (χ2n) is 4.52. The summed E-state index contributed by atoms with van der Waals surface area (Å²) in [5, 5.41) is 12.3. The minimum Gasteiger partial charge on any atom is -0.378 e. The Kier molecular flexibility index (Phi) is 4.85. The van der Waals surface area contributed by atoms with Crippen LogP contribution in [0.3, 0.4) is 0 Å². The number of carbonyl (C=O) groups excluding carboxylic acids is 1. The molecule has 0 bridgehead atoms. The number of nitrogens with one attached hydrogen (secondary N) is 1. The molecule has 0 aromatic heterocycles. The smallest absolute Gasteiger partial charge is 0.257 e. The third-order valence-corrected chi connectivity index (χ3v) is 4.37. The van der Waals surface area contributed by atoms with Crippen LogP contribution in [0.4, 0.5) is 5.69 Å². The van der Waals surface area contributed by atoms with Gasteiger partial charge in [0.25, 0.3) is 5.91 Å². The van der Waals surface area contributed by atoms with E-state index < -0.39 is 6.10 Å².